The first kappa shape index (κ1) is 60.2. The van der Waals surface area contributed by atoms with E-state index < -0.39 is 0 Å². The highest BCUT2D eigenvalue weighted by Crippen LogP contribution is 2.38. The van der Waals surface area contributed by atoms with Gasteiger partial charge in [-0.2, -0.15) is 30.6 Å². The zero-order chi connectivity index (χ0) is 61.4. The molecule has 0 radical (unpaired) electrons. The third-order valence-electron chi connectivity index (χ3n) is 18.2. The van der Waals surface area contributed by atoms with Crippen molar-refractivity contribution in [2.45, 2.75) is 187 Å². The Balaban J connectivity index is 0.000000129. The lowest BCUT2D eigenvalue weighted by Crippen LogP contribution is -2.22. The number of carbonyl (C=O) groups excluding carboxylic acids is 3. The van der Waals surface area contributed by atoms with Gasteiger partial charge >= 0.3 is 0 Å². The molecule has 88 heavy (non-hydrogen) atoms. The number of fused-ring (bicyclic) bond motifs is 3. The quantitative estimate of drug-likeness (QED) is 0.0984. The SMILES string of the molecule is C[C@@H](Oc1nc(-c2cnn(C(C)(C)C)c2)cc2nn(C)cc12)[C@H]1CCC(=O)C1.C[C@@H](Oc1nc(-c2cnn(C3CCCCC3)c2)cc2nn(C)cc12)[C@H]1CCC(=O)C1.C[C@@H](Oc1nc(-c2cnn(C3CCCCO3)c2)cc2nn(C)cc12)[C@H]1CCC(=O)C1. The van der Waals surface area contributed by atoms with E-state index in [0.29, 0.717) is 79.6 Å². The van der Waals surface area contributed by atoms with Crippen LogP contribution in [0.25, 0.3) is 66.5 Å². The molecule has 14 rings (SSSR count). The van der Waals surface area contributed by atoms with Crippen LogP contribution >= 0.6 is 0 Å². The summed E-state index contributed by atoms with van der Waals surface area (Å²) in [4.78, 5) is 49.5. The van der Waals surface area contributed by atoms with Gasteiger partial charge < -0.3 is 18.9 Å². The van der Waals surface area contributed by atoms with Crippen LogP contribution in [0.5, 0.6) is 17.6 Å². The molecule has 4 saturated carbocycles. The fraction of sp³-hybridized carbons (Fsp3) is 0.545. The molecule has 0 bridgehead atoms. The molecule has 9 aromatic heterocycles. The van der Waals surface area contributed by atoms with Crippen LogP contribution in [0.15, 0.2) is 74.0 Å². The lowest BCUT2D eigenvalue weighted by molar-refractivity contribution is -0.118. The van der Waals surface area contributed by atoms with Crippen LogP contribution < -0.4 is 14.2 Å². The Labute approximate surface area is 512 Å². The van der Waals surface area contributed by atoms with Crippen LogP contribution in [0, 0.1) is 17.8 Å². The van der Waals surface area contributed by atoms with Gasteiger partial charge in [0.05, 0.1) is 80.0 Å². The van der Waals surface area contributed by atoms with Gasteiger partial charge in [-0.3, -0.25) is 37.8 Å². The molecule has 7 atom stereocenters. The minimum atomic E-state index is -0.101. The van der Waals surface area contributed by atoms with Gasteiger partial charge in [-0.1, -0.05) is 19.3 Å². The topological polar surface area (TPSA) is 234 Å². The third kappa shape index (κ3) is 13.6. The van der Waals surface area contributed by atoms with Crippen molar-refractivity contribution in [1.82, 2.24) is 73.6 Å². The third-order valence-corrected chi connectivity index (χ3v) is 18.2. The second kappa shape index (κ2) is 25.5. The van der Waals surface area contributed by atoms with Gasteiger partial charge in [-0.25, -0.2) is 19.6 Å². The lowest BCUT2D eigenvalue weighted by Gasteiger charge is -2.22. The van der Waals surface area contributed by atoms with Gasteiger partial charge in [-0.15, -0.1) is 0 Å². The Bertz CT molecular complexity index is 3790. The molecular weight excluding hydrogens is 1110 g/mol. The van der Waals surface area contributed by atoms with Crippen LogP contribution in [0.4, 0.5) is 0 Å². The standard InChI is InChI=1S/C23H29N5O2.C22H27N5O3.C21H27N5O2/c1-15(16-8-9-19(29)10-16)30-23-20-14-27(2)26-22(20)11-21(25-23)17-12-24-28(13-17)18-6-4-3-5-7-18;1-14(15-6-7-17(28)9-15)30-22-18-13-26(2)25-20(18)10-19(24-22)16-11-23-27(12-16)21-5-3-4-8-29-21;1-13(14-6-7-16(27)8-14)28-20-17-12-25(5)24-19(17)9-18(23-20)15-10-22-26(11-15)21(2,3)4/h11-16,18H,3-10H2,1-2H3;10-15,21H,3-9H2,1-2H3;9-14H,6-8H2,1-5H3/t15-,16+;14-,15+,21?;13-,14+/m111/s1. The highest BCUT2D eigenvalue weighted by atomic mass is 16.5. The van der Waals surface area contributed by atoms with E-state index in [2.05, 4.69) is 62.2 Å². The van der Waals surface area contributed by atoms with Gasteiger partial charge in [-0.05, 0) is 111 Å². The van der Waals surface area contributed by atoms with Gasteiger partial charge in [0, 0.05) is 138 Å². The van der Waals surface area contributed by atoms with Gasteiger partial charge in [0.15, 0.2) is 0 Å². The zero-order valence-corrected chi connectivity index (χ0v) is 52.3. The van der Waals surface area contributed by atoms with Gasteiger partial charge in [0.2, 0.25) is 17.6 Å². The molecule has 0 N–H and O–H groups in total. The van der Waals surface area contributed by atoms with Crippen LogP contribution in [0.3, 0.4) is 0 Å². The summed E-state index contributed by atoms with van der Waals surface area (Å²) in [5.41, 5.74) is 7.62. The van der Waals surface area contributed by atoms with Crippen molar-refractivity contribution < 1.29 is 33.3 Å². The van der Waals surface area contributed by atoms with E-state index in [4.69, 9.17) is 33.9 Å². The first-order valence-corrected chi connectivity index (χ1v) is 31.7. The van der Waals surface area contributed by atoms with E-state index in [1.807, 2.05) is 119 Å². The molecule has 1 unspecified atom stereocenters. The number of Topliss-reactive ketones (excluding diaryl/α,β-unsaturated/α-hetero) is 3. The van der Waals surface area contributed by atoms with Crippen molar-refractivity contribution in [3.05, 3.63) is 74.0 Å². The predicted octanol–water partition coefficient (Wildman–Crippen LogP) is 11.9. The number of aromatic nitrogens is 15. The monoisotopic (exact) mass is 1200 g/mol. The fourth-order valence-corrected chi connectivity index (χ4v) is 13.0. The largest absolute Gasteiger partial charge is 0.474 e. The van der Waals surface area contributed by atoms with Crippen molar-refractivity contribution in [3.8, 4) is 51.4 Å². The van der Waals surface area contributed by atoms with Gasteiger partial charge in [0.25, 0.3) is 0 Å². The molecule has 1 saturated heterocycles. The van der Waals surface area contributed by atoms with Crippen molar-refractivity contribution in [2.24, 2.45) is 38.9 Å². The molecule has 1 aliphatic heterocycles. The van der Waals surface area contributed by atoms with E-state index in [-0.39, 0.29) is 47.8 Å². The molecule has 22 heteroatoms. The maximum absolute atomic E-state index is 11.7. The summed E-state index contributed by atoms with van der Waals surface area (Å²) in [5, 5.41) is 30.0. The first-order chi connectivity index (χ1) is 42.3. The van der Waals surface area contributed by atoms with E-state index in [1.54, 1.807) is 14.0 Å². The molecule has 5 fully saturated rings. The number of carbonyl (C=O) groups is 3. The maximum atomic E-state index is 11.7. The average Bonchev–Trinajstić information content (AvgIpc) is 3.16. The highest BCUT2D eigenvalue weighted by molar-refractivity contribution is 5.89. The van der Waals surface area contributed by atoms with E-state index in [0.717, 1.165) is 112 Å². The van der Waals surface area contributed by atoms with Crippen molar-refractivity contribution >= 4 is 50.1 Å². The second-order valence-electron chi connectivity index (χ2n) is 26.1. The number of nitrogens with zero attached hydrogens (tertiary/aromatic N) is 15. The average molecular weight is 1200 g/mol. The maximum Gasteiger partial charge on any atom is 0.225 e. The molecule has 0 amide bonds. The van der Waals surface area contributed by atoms with E-state index in [9.17, 15) is 14.4 Å². The fourth-order valence-electron chi connectivity index (χ4n) is 13.0. The smallest absolute Gasteiger partial charge is 0.225 e. The van der Waals surface area contributed by atoms with Crippen molar-refractivity contribution in [3.63, 3.8) is 0 Å². The summed E-state index contributed by atoms with van der Waals surface area (Å²) in [6.45, 7) is 13.2. The van der Waals surface area contributed by atoms with E-state index >= 15 is 0 Å². The zero-order valence-electron chi connectivity index (χ0n) is 52.3. The summed E-state index contributed by atoms with van der Waals surface area (Å²) in [5.74, 6) is 3.42. The van der Waals surface area contributed by atoms with Crippen LogP contribution in [-0.4, -0.2) is 116 Å². The second-order valence-corrected chi connectivity index (χ2v) is 26.1. The highest BCUT2D eigenvalue weighted by Gasteiger charge is 2.33. The number of hydrogen-bond acceptors (Lipinski definition) is 16. The molecular formula is C66H83N15O7. The Kier molecular flexibility index (Phi) is 17.4. The number of rotatable bonds is 14. The van der Waals surface area contributed by atoms with Crippen molar-refractivity contribution in [2.75, 3.05) is 6.61 Å². The van der Waals surface area contributed by atoms with Gasteiger partial charge in [0.1, 0.15) is 41.9 Å². The Hall–Kier alpha value is -8.14. The number of ether oxygens (including phenoxy) is 4. The normalized spacial score (nSPS) is 21.2. The minimum Gasteiger partial charge on any atom is -0.474 e. The Morgan fingerprint density at radius 3 is 1.27 bits per heavy atom. The molecule has 9 aromatic rings. The van der Waals surface area contributed by atoms with Crippen LogP contribution in [-0.2, 0) is 45.8 Å². The summed E-state index contributed by atoms with van der Waals surface area (Å²) >= 11 is 0. The molecule has 0 aromatic carbocycles. The number of aryl methyl sites for hydroxylation is 3. The number of ketones is 3. The molecule has 22 nitrogen and oxygen atoms in total. The number of hydrogen-bond donors (Lipinski definition) is 0. The van der Waals surface area contributed by atoms with Crippen LogP contribution in [0.1, 0.15) is 163 Å². The Morgan fingerprint density at radius 1 is 0.489 bits per heavy atom. The predicted molar refractivity (Wildman–Crippen MR) is 332 cm³/mol. The molecule has 464 valence electrons. The molecule has 5 aliphatic rings. The summed E-state index contributed by atoms with van der Waals surface area (Å²) < 4.78 is 36.0. The van der Waals surface area contributed by atoms with E-state index in [1.165, 1.54) is 32.1 Å². The first-order valence-electron chi connectivity index (χ1n) is 31.7. The lowest BCUT2D eigenvalue weighted by atomic mass is 9.96. The summed E-state index contributed by atoms with van der Waals surface area (Å²) in [6, 6.07) is 6.43. The summed E-state index contributed by atoms with van der Waals surface area (Å²) in [6.07, 6.45) is 33.1. The minimum absolute atomic E-state index is 0.0123. The molecule has 0 spiro atoms. The van der Waals surface area contributed by atoms with Crippen molar-refractivity contribution in [1.29, 1.82) is 0 Å². The van der Waals surface area contributed by atoms with Crippen LogP contribution in [0.2, 0.25) is 0 Å². The molecule has 10 heterocycles. The number of pyridine rings is 3. The Morgan fingerprint density at radius 2 is 0.886 bits per heavy atom. The summed E-state index contributed by atoms with van der Waals surface area (Å²) in [7, 11) is 5.69. The molecule has 4 aliphatic carbocycles.